The van der Waals surface area contributed by atoms with Crippen molar-refractivity contribution in [3.63, 3.8) is 0 Å². The second-order valence-electron chi connectivity index (χ2n) is 3.01. The van der Waals surface area contributed by atoms with Crippen LogP contribution in [0.1, 0.15) is 6.92 Å². The Morgan fingerprint density at radius 1 is 1.44 bits per heavy atom. The summed E-state index contributed by atoms with van der Waals surface area (Å²) in [7, 11) is -3.87. The summed E-state index contributed by atoms with van der Waals surface area (Å²) in [5, 5.41) is 11.7. The van der Waals surface area contributed by atoms with Crippen LogP contribution in [0.3, 0.4) is 0 Å². The number of hydrogen-bond donors (Lipinski definition) is 0. The van der Waals surface area contributed by atoms with E-state index in [1.54, 1.807) is 25.1 Å². The van der Waals surface area contributed by atoms with Crippen LogP contribution in [0.25, 0.3) is 0 Å². The van der Waals surface area contributed by atoms with Crippen molar-refractivity contribution in [1.82, 2.24) is 0 Å². The van der Waals surface area contributed by atoms with E-state index in [0.717, 1.165) is 6.21 Å². The lowest BCUT2D eigenvalue weighted by Gasteiger charge is -2.00. The summed E-state index contributed by atoms with van der Waals surface area (Å²) in [6.07, 6.45) is 1.13. The van der Waals surface area contributed by atoms with Crippen molar-refractivity contribution in [2.75, 3.05) is 0 Å². The third-order valence-corrected chi connectivity index (χ3v) is 2.79. The number of benzene rings is 1. The highest BCUT2D eigenvalue weighted by molar-refractivity contribution is 7.86. The van der Waals surface area contributed by atoms with Crippen LogP contribution in [-0.4, -0.2) is 14.6 Å². The van der Waals surface area contributed by atoms with E-state index in [4.69, 9.17) is 5.26 Å². The third-order valence-electron chi connectivity index (χ3n) is 1.66. The van der Waals surface area contributed by atoms with Gasteiger partial charge in [-0.2, -0.15) is 13.7 Å². The first-order valence-corrected chi connectivity index (χ1v) is 5.89. The van der Waals surface area contributed by atoms with E-state index in [1.165, 1.54) is 12.1 Å². The van der Waals surface area contributed by atoms with Gasteiger partial charge in [0.15, 0.2) is 0 Å². The van der Waals surface area contributed by atoms with Gasteiger partial charge in [-0.25, -0.2) is 0 Å². The average molecular weight is 238 g/mol. The molecule has 0 N–H and O–H groups in total. The van der Waals surface area contributed by atoms with Crippen molar-refractivity contribution in [1.29, 1.82) is 5.26 Å². The SMILES string of the molecule is CC(C#N)C=NOS(=O)(=O)c1ccccc1. The summed E-state index contributed by atoms with van der Waals surface area (Å²) in [5.74, 6) is -0.494. The molecule has 0 aliphatic heterocycles. The molecule has 0 radical (unpaired) electrons. The summed E-state index contributed by atoms with van der Waals surface area (Å²) >= 11 is 0. The zero-order valence-electron chi connectivity index (χ0n) is 8.57. The number of nitrogens with zero attached hydrogens (tertiary/aromatic N) is 2. The predicted octanol–water partition coefficient (Wildman–Crippen LogP) is 1.54. The van der Waals surface area contributed by atoms with Gasteiger partial charge in [0.05, 0.1) is 18.2 Å². The Bertz CT molecular complexity index is 503. The van der Waals surface area contributed by atoms with Crippen LogP contribution in [0, 0.1) is 17.2 Å². The van der Waals surface area contributed by atoms with Gasteiger partial charge in [0.2, 0.25) is 0 Å². The standard InChI is InChI=1S/C10H10N2O3S/c1-9(7-11)8-12-15-16(13,14)10-5-3-2-4-6-10/h2-6,8-9H,1H3. The molecule has 1 aromatic rings. The highest BCUT2D eigenvalue weighted by Gasteiger charge is 2.14. The monoisotopic (exact) mass is 238 g/mol. The molecular formula is C10H10N2O3S. The molecule has 0 spiro atoms. The molecule has 1 unspecified atom stereocenters. The highest BCUT2D eigenvalue weighted by Crippen LogP contribution is 2.11. The van der Waals surface area contributed by atoms with Crippen LogP contribution >= 0.6 is 0 Å². The van der Waals surface area contributed by atoms with E-state index in [1.807, 2.05) is 6.07 Å². The lowest BCUT2D eigenvalue weighted by molar-refractivity contribution is 0.339. The van der Waals surface area contributed by atoms with Crippen LogP contribution in [-0.2, 0) is 14.4 Å². The Morgan fingerprint density at radius 2 is 2.06 bits per heavy atom. The van der Waals surface area contributed by atoms with Crippen molar-refractivity contribution in [3.8, 4) is 6.07 Å². The van der Waals surface area contributed by atoms with Crippen molar-refractivity contribution < 1.29 is 12.7 Å². The predicted molar refractivity (Wildman–Crippen MR) is 58.0 cm³/mol. The van der Waals surface area contributed by atoms with Crippen LogP contribution in [0.5, 0.6) is 0 Å². The lowest BCUT2D eigenvalue weighted by atomic mass is 10.2. The lowest BCUT2D eigenvalue weighted by Crippen LogP contribution is -2.03. The normalized spacial score (nSPS) is 13.2. The molecule has 1 aromatic carbocycles. The molecule has 0 fully saturated rings. The van der Waals surface area contributed by atoms with Gasteiger partial charge in [-0.1, -0.05) is 23.4 Å². The van der Waals surface area contributed by atoms with Gasteiger partial charge >= 0.3 is 10.1 Å². The van der Waals surface area contributed by atoms with Gasteiger partial charge in [-0.05, 0) is 19.1 Å². The average Bonchev–Trinajstić information content (AvgIpc) is 2.30. The van der Waals surface area contributed by atoms with E-state index in [2.05, 4.69) is 9.44 Å². The molecule has 6 heteroatoms. The van der Waals surface area contributed by atoms with Crippen LogP contribution in [0.4, 0.5) is 0 Å². The molecule has 16 heavy (non-hydrogen) atoms. The van der Waals surface area contributed by atoms with E-state index in [0.29, 0.717) is 0 Å². The molecule has 0 heterocycles. The zero-order valence-corrected chi connectivity index (χ0v) is 9.39. The Hall–Kier alpha value is -1.87. The number of hydrogen-bond acceptors (Lipinski definition) is 5. The van der Waals surface area contributed by atoms with E-state index < -0.39 is 16.0 Å². The molecule has 84 valence electrons. The van der Waals surface area contributed by atoms with Crippen molar-refractivity contribution in [3.05, 3.63) is 30.3 Å². The summed E-state index contributed by atoms with van der Waals surface area (Å²) in [4.78, 5) is 0.0248. The van der Waals surface area contributed by atoms with E-state index in [-0.39, 0.29) is 4.90 Å². The molecule has 0 saturated carbocycles. The van der Waals surface area contributed by atoms with Crippen LogP contribution in [0.15, 0.2) is 40.4 Å². The minimum atomic E-state index is -3.87. The first kappa shape index (κ1) is 12.2. The second-order valence-corrected chi connectivity index (χ2v) is 4.54. The van der Waals surface area contributed by atoms with Crippen LogP contribution < -0.4 is 0 Å². The van der Waals surface area contributed by atoms with Gasteiger partial charge in [0.25, 0.3) is 0 Å². The molecule has 0 aliphatic rings. The van der Waals surface area contributed by atoms with Gasteiger partial charge in [-0.15, -0.1) is 0 Å². The number of rotatable bonds is 4. The first-order valence-electron chi connectivity index (χ1n) is 4.48. The third kappa shape index (κ3) is 3.37. The zero-order chi connectivity index (χ0) is 12.0. The molecule has 0 aliphatic carbocycles. The summed E-state index contributed by atoms with van der Waals surface area (Å²) in [6, 6.07) is 9.53. The Morgan fingerprint density at radius 3 is 2.62 bits per heavy atom. The number of nitriles is 1. The maximum atomic E-state index is 11.5. The Balaban J connectivity index is 2.76. The summed E-state index contributed by atoms with van der Waals surface area (Å²) in [6.45, 7) is 1.57. The van der Waals surface area contributed by atoms with E-state index in [9.17, 15) is 8.42 Å². The summed E-state index contributed by atoms with van der Waals surface area (Å²) in [5.41, 5.74) is 0. The van der Waals surface area contributed by atoms with E-state index >= 15 is 0 Å². The summed E-state index contributed by atoms with van der Waals surface area (Å²) < 4.78 is 27.3. The van der Waals surface area contributed by atoms with Crippen molar-refractivity contribution >= 4 is 16.3 Å². The fraction of sp³-hybridized carbons (Fsp3) is 0.200. The van der Waals surface area contributed by atoms with Gasteiger partial charge < -0.3 is 0 Å². The molecule has 5 nitrogen and oxygen atoms in total. The largest absolute Gasteiger partial charge is 0.358 e. The fourth-order valence-corrected chi connectivity index (χ4v) is 1.58. The topological polar surface area (TPSA) is 79.5 Å². The van der Waals surface area contributed by atoms with Crippen molar-refractivity contribution in [2.45, 2.75) is 11.8 Å². The smallest absolute Gasteiger partial charge is 0.265 e. The molecule has 0 saturated heterocycles. The molecule has 0 amide bonds. The van der Waals surface area contributed by atoms with Gasteiger partial charge in [0.1, 0.15) is 4.90 Å². The molecular weight excluding hydrogens is 228 g/mol. The highest BCUT2D eigenvalue weighted by atomic mass is 32.2. The van der Waals surface area contributed by atoms with Crippen LogP contribution in [0.2, 0.25) is 0 Å². The molecule has 1 rings (SSSR count). The fourth-order valence-electron chi connectivity index (χ4n) is 0.836. The quantitative estimate of drug-likeness (QED) is 0.588. The molecule has 0 aromatic heterocycles. The van der Waals surface area contributed by atoms with Gasteiger partial charge in [-0.3, -0.25) is 4.28 Å². The maximum absolute atomic E-state index is 11.5. The minimum absolute atomic E-state index is 0.0248. The maximum Gasteiger partial charge on any atom is 0.358 e. The van der Waals surface area contributed by atoms with Crippen molar-refractivity contribution in [2.24, 2.45) is 11.1 Å². The van der Waals surface area contributed by atoms with Gasteiger partial charge in [0, 0.05) is 0 Å². The molecule has 1 atom stereocenters. The Kier molecular flexibility index (Phi) is 4.03. The Labute approximate surface area is 94.1 Å². The first-order chi connectivity index (χ1) is 7.56. The number of oxime groups is 1. The second kappa shape index (κ2) is 5.28. The molecule has 0 bridgehead atoms. The minimum Gasteiger partial charge on any atom is -0.265 e.